The van der Waals surface area contributed by atoms with Crippen LogP contribution in [0, 0.1) is 6.92 Å². The predicted octanol–water partition coefficient (Wildman–Crippen LogP) is 4.47. The molecule has 0 aromatic heterocycles. The minimum Gasteiger partial charge on any atom is -0.321 e. The summed E-state index contributed by atoms with van der Waals surface area (Å²) < 4.78 is 27.6. The highest BCUT2D eigenvalue weighted by molar-refractivity contribution is 7.89. The van der Waals surface area contributed by atoms with Gasteiger partial charge >= 0.3 is 0 Å². The van der Waals surface area contributed by atoms with Gasteiger partial charge in [0.25, 0.3) is 5.91 Å². The molecule has 2 aromatic rings. The molecule has 7 heteroatoms. The van der Waals surface area contributed by atoms with E-state index in [-0.39, 0.29) is 10.8 Å². The van der Waals surface area contributed by atoms with Crippen LogP contribution in [0.1, 0.15) is 41.6 Å². The zero-order valence-electron chi connectivity index (χ0n) is 15.2. The second-order valence-electron chi connectivity index (χ2n) is 6.73. The molecule has 144 valence electrons. The second-order valence-corrected chi connectivity index (χ2v) is 9.07. The van der Waals surface area contributed by atoms with Crippen molar-refractivity contribution in [1.29, 1.82) is 0 Å². The number of amides is 1. The lowest BCUT2D eigenvalue weighted by molar-refractivity contribution is 0.102. The van der Waals surface area contributed by atoms with Crippen LogP contribution in [0.4, 0.5) is 5.69 Å². The maximum atomic E-state index is 13.0. The fraction of sp³-hybridized carbons (Fsp3) is 0.350. The summed E-state index contributed by atoms with van der Waals surface area (Å²) in [5, 5.41) is 3.18. The molecular formula is C20H23ClN2O3S. The Balaban J connectivity index is 1.89. The molecule has 5 nitrogen and oxygen atoms in total. The van der Waals surface area contributed by atoms with E-state index in [1.807, 2.05) is 0 Å². The molecule has 0 aliphatic carbocycles. The number of carbonyl (C=O) groups is 1. The summed E-state index contributed by atoms with van der Waals surface area (Å²) in [7, 11) is -3.61. The van der Waals surface area contributed by atoms with Gasteiger partial charge < -0.3 is 5.32 Å². The Hall–Kier alpha value is -1.89. The first kappa shape index (κ1) is 19.9. The quantitative estimate of drug-likeness (QED) is 0.814. The van der Waals surface area contributed by atoms with E-state index in [0.717, 1.165) is 25.7 Å². The first-order valence-corrected chi connectivity index (χ1v) is 10.9. The van der Waals surface area contributed by atoms with Crippen LogP contribution in [0.3, 0.4) is 0 Å². The molecule has 1 heterocycles. The number of carbonyl (C=O) groups excluding carboxylic acids is 1. The van der Waals surface area contributed by atoms with Crippen molar-refractivity contribution in [3.8, 4) is 0 Å². The van der Waals surface area contributed by atoms with E-state index in [2.05, 4.69) is 5.32 Å². The molecular weight excluding hydrogens is 384 g/mol. The number of nitrogens with one attached hydrogen (secondary N) is 1. The lowest BCUT2D eigenvalue weighted by Gasteiger charge is -2.20. The van der Waals surface area contributed by atoms with Crippen molar-refractivity contribution in [2.45, 2.75) is 37.5 Å². The third-order valence-corrected chi connectivity index (χ3v) is 7.00. The summed E-state index contributed by atoms with van der Waals surface area (Å²) in [5.74, 6) is -0.381. The van der Waals surface area contributed by atoms with Crippen LogP contribution in [-0.4, -0.2) is 31.7 Å². The Bertz CT molecular complexity index is 936. The van der Waals surface area contributed by atoms with Crippen LogP contribution in [0.5, 0.6) is 0 Å². The molecule has 1 aliphatic heterocycles. The van der Waals surface area contributed by atoms with E-state index in [4.69, 9.17) is 11.6 Å². The van der Waals surface area contributed by atoms with Gasteiger partial charge in [-0.05, 0) is 49.6 Å². The number of nitrogens with zero attached hydrogens (tertiary/aromatic N) is 1. The molecule has 0 spiro atoms. The molecule has 0 saturated carbocycles. The molecule has 2 aromatic carbocycles. The predicted molar refractivity (Wildman–Crippen MR) is 108 cm³/mol. The number of anilines is 1. The summed E-state index contributed by atoms with van der Waals surface area (Å²) >= 11 is 6.10. The Morgan fingerprint density at radius 1 is 1.04 bits per heavy atom. The highest BCUT2D eigenvalue weighted by Gasteiger charge is 2.26. The fourth-order valence-corrected chi connectivity index (χ4v) is 4.92. The zero-order valence-corrected chi connectivity index (χ0v) is 16.8. The average Bonchev–Trinajstić information content (AvgIpc) is 2.94. The van der Waals surface area contributed by atoms with Crippen LogP contribution in [0.15, 0.2) is 47.4 Å². The van der Waals surface area contributed by atoms with Gasteiger partial charge in [0.05, 0.1) is 15.6 Å². The third kappa shape index (κ3) is 4.51. The van der Waals surface area contributed by atoms with Crippen molar-refractivity contribution >= 4 is 33.2 Å². The number of para-hydroxylation sites is 1. The highest BCUT2D eigenvalue weighted by atomic mass is 35.5. The van der Waals surface area contributed by atoms with E-state index in [1.165, 1.54) is 10.4 Å². The monoisotopic (exact) mass is 406 g/mol. The maximum absolute atomic E-state index is 13.0. The molecule has 27 heavy (non-hydrogen) atoms. The number of aryl methyl sites for hydroxylation is 1. The fourth-order valence-electron chi connectivity index (χ4n) is 3.19. The Kier molecular flexibility index (Phi) is 6.19. The standard InChI is InChI=1S/C20H23ClN2O3S/c1-15-10-11-16(27(25,26)23-12-6-2-3-7-13-23)14-17(15)20(24)22-19-9-5-4-8-18(19)21/h4-5,8-11,14H,2-3,6-7,12-13H2,1H3,(H,22,24). The molecule has 0 radical (unpaired) electrons. The van der Waals surface area contributed by atoms with E-state index < -0.39 is 10.0 Å². The lowest BCUT2D eigenvalue weighted by atomic mass is 10.1. The van der Waals surface area contributed by atoms with E-state index in [0.29, 0.717) is 34.9 Å². The SMILES string of the molecule is Cc1ccc(S(=O)(=O)N2CCCCCC2)cc1C(=O)Nc1ccccc1Cl. The normalized spacial score (nSPS) is 15.9. The number of halogens is 1. The topological polar surface area (TPSA) is 66.5 Å². The number of rotatable bonds is 4. The number of hydrogen-bond donors (Lipinski definition) is 1. The first-order valence-electron chi connectivity index (χ1n) is 9.06. The van der Waals surface area contributed by atoms with Gasteiger partial charge in [-0.3, -0.25) is 4.79 Å². The van der Waals surface area contributed by atoms with Crippen LogP contribution >= 0.6 is 11.6 Å². The van der Waals surface area contributed by atoms with Crippen molar-refractivity contribution < 1.29 is 13.2 Å². The number of hydrogen-bond acceptors (Lipinski definition) is 3. The zero-order chi connectivity index (χ0) is 19.4. The average molecular weight is 407 g/mol. The van der Waals surface area contributed by atoms with E-state index in [9.17, 15) is 13.2 Å². The van der Waals surface area contributed by atoms with Gasteiger partial charge in [-0.15, -0.1) is 0 Å². The van der Waals surface area contributed by atoms with Gasteiger partial charge in [0, 0.05) is 18.7 Å². The number of benzene rings is 2. The van der Waals surface area contributed by atoms with Crippen LogP contribution in [0.2, 0.25) is 5.02 Å². The van der Waals surface area contributed by atoms with Crippen molar-refractivity contribution in [2.75, 3.05) is 18.4 Å². The van der Waals surface area contributed by atoms with E-state index in [1.54, 1.807) is 43.3 Å². The van der Waals surface area contributed by atoms with Gasteiger partial charge in [-0.25, -0.2) is 8.42 Å². The summed E-state index contributed by atoms with van der Waals surface area (Å²) in [6.45, 7) is 2.83. The van der Waals surface area contributed by atoms with Gasteiger partial charge in [0.2, 0.25) is 10.0 Å². The minimum atomic E-state index is -3.61. The third-order valence-electron chi connectivity index (χ3n) is 4.78. The van der Waals surface area contributed by atoms with Crippen molar-refractivity contribution in [3.63, 3.8) is 0 Å². The van der Waals surface area contributed by atoms with Gasteiger partial charge in [-0.2, -0.15) is 4.31 Å². The van der Waals surface area contributed by atoms with Crippen molar-refractivity contribution in [1.82, 2.24) is 4.31 Å². The molecule has 1 fully saturated rings. The van der Waals surface area contributed by atoms with Gasteiger partial charge in [0.1, 0.15) is 0 Å². The largest absolute Gasteiger partial charge is 0.321 e. The molecule has 1 saturated heterocycles. The molecule has 0 bridgehead atoms. The molecule has 1 aliphatic rings. The minimum absolute atomic E-state index is 0.152. The van der Waals surface area contributed by atoms with Crippen LogP contribution < -0.4 is 5.32 Å². The van der Waals surface area contributed by atoms with Gasteiger partial charge in [0.15, 0.2) is 0 Å². The maximum Gasteiger partial charge on any atom is 0.256 e. The molecule has 0 unspecified atom stereocenters. The van der Waals surface area contributed by atoms with Crippen molar-refractivity contribution in [3.05, 3.63) is 58.6 Å². The van der Waals surface area contributed by atoms with Crippen molar-refractivity contribution in [2.24, 2.45) is 0 Å². The Morgan fingerprint density at radius 2 is 1.70 bits per heavy atom. The first-order chi connectivity index (χ1) is 12.9. The smallest absolute Gasteiger partial charge is 0.256 e. The molecule has 3 rings (SSSR count). The van der Waals surface area contributed by atoms with Crippen LogP contribution in [-0.2, 0) is 10.0 Å². The summed E-state index contributed by atoms with van der Waals surface area (Å²) in [6.07, 6.45) is 3.83. The highest BCUT2D eigenvalue weighted by Crippen LogP contribution is 2.25. The van der Waals surface area contributed by atoms with Crippen LogP contribution in [0.25, 0.3) is 0 Å². The molecule has 1 N–H and O–H groups in total. The molecule has 1 amide bonds. The Morgan fingerprint density at radius 3 is 2.37 bits per heavy atom. The number of sulfonamides is 1. The molecule has 0 atom stereocenters. The summed E-state index contributed by atoms with van der Waals surface area (Å²) in [6, 6.07) is 11.6. The second kappa shape index (κ2) is 8.42. The Labute approximate surface area is 165 Å². The lowest BCUT2D eigenvalue weighted by Crippen LogP contribution is -2.32. The van der Waals surface area contributed by atoms with E-state index >= 15 is 0 Å². The van der Waals surface area contributed by atoms with Gasteiger partial charge in [-0.1, -0.05) is 42.6 Å². The summed E-state index contributed by atoms with van der Waals surface area (Å²) in [5.41, 5.74) is 1.52. The summed E-state index contributed by atoms with van der Waals surface area (Å²) in [4.78, 5) is 12.9.